The van der Waals surface area contributed by atoms with Crippen molar-refractivity contribution in [1.29, 1.82) is 5.41 Å². The highest BCUT2D eigenvalue weighted by molar-refractivity contribution is 6.30. The molecular formula is C24H34ClN5O. The van der Waals surface area contributed by atoms with Crippen LogP contribution >= 0.6 is 11.6 Å². The molecule has 6 nitrogen and oxygen atoms in total. The van der Waals surface area contributed by atoms with Crippen molar-refractivity contribution in [3.05, 3.63) is 46.1 Å². The van der Waals surface area contributed by atoms with E-state index in [-0.39, 0.29) is 11.8 Å². The number of hydrogen-bond acceptors (Lipinski definition) is 4. The number of amides is 1. The zero-order valence-electron chi connectivity index (χ0n) is 18.7. The van der Waals surface area contributed by atoms with E-state index in [4.69, 9.17) is 17.0 Å². The van der Waals surface area contributed by atoms with Crippen LogP contribution in [0.3, 0.4) is 0 Å². The predicted molar refractivity (Wildman–Crippen MR) is 126 cm³/mol. The lowest BCUT2D eigenvalue weighted by Crippen LogP contribution is -2.53. The number of halogens is 1. The molecule has 2 N–H and O–H groups in total. The van der Waals surface area contributed by atoms with E-state index in [1.54, 1.807) is 0 Å². The van der Waals surface area contributed by atoms with Crippen molar-refractivity contribution in [2.24, 2.45) is 5.92 Å². The summed E-state index contributed by atoms with van der Waals surface area (Å²) in [5.41, 5.74) is 3.40. The Hall–Kier alpha value is -2.05. The van der Waals surface area contributed by atoms with Crippen LogP contribution in [-0.2, 0) is 4.79 Å². The number of carbonyl (C=O) groups is 1. The fraction of sp³-hybridized carbons (Fsp3) is 0.583. The van der Waals surface area contributed by atoms with Crippen LogP contribution in [0.1, 0.15) is 37.7 Å². The molecule has 0 saturated carbocycles. The molecule has 1 aromatic carbocycles. The van der Waals surface area contributed by atoms with Crippen molar-refractivity contribution in [1.82, 2.24) is 20.0 Å². The maximum Gasteiger partial charge on any atom is 0.231 e. The van der Waals surface area contributed by atoms with Crippen LogP contribution in [0, 0.1) is 11.3 Å². The average Bonchev–Trinajstić information content (AvgIpc) is 3.13. The third kappa shape index (κ3) is 4.75. The number of hydrogen-bond donors (Lipinski definition) is 2. The molecule has 1 aromatic rings. The molecule has 2 saturated heterocycles. The van der Waals surface area contributed by atoms with Crippen molar-refractivity contribution >= 4 is 23.3 Å². The Labute approximate surface area is 190 Å². The third-order valence-electron chi connectivity index (χ3n) is 7.07. The second-order valence-electron chi connectivity index (χ2n) is 9.00. The van der Waals surface area contributed by atoms with Crippen molar-refractivity contribution in [2.45, 2.75) is 32.1 Å². The first kappa shape index (κ1) is 22.2. The first-order valence-corrected chi connectivity index (χ1v) is 11.9. The molecular weight excluding hydrogens is 410 g/mol. The van der Waals surface area contributed by atoms with Crippen molar-refractivity contribution in [3.8, 4) is 0 Å². The summed E-state index contributed by atoms with van der Waals surface area (Å²) in [5.74, 6) is 1.10. The van der Waals surface area contributed by atoms with Crippen LogP contribution in [0.5, 0.6) is 0 Å². The molecule has 1 amide bonds. The van der Waals surface area contributed by atoms with E-state index in [2.05, 4.69) is 22.0 Å². The van der Waals surface area contributed by atoms with Crippen LogP contribution in [0.4, 0.5) is 0 Å². The predicted octanol–water partition coefficient (Wildman–Crippen LogP) is 3.15. The summed E-state index contributed by atoms with van der Waals surface area (Å²) in [7, 11) is 1.95. The number of rotatable bonds is 6. The molecule has 2 unspecified atom stereocenters. The molecule has 0 bridgehead atoms. The van der Waals surface area contributed by atoms with Crippen molar-refractivity contribution in [3.63, 3.8) is 0 Å². The van der Waals surface area contributed by atoms with Gasteiger partial charge in [-0.25, -0.2) is 0 Å². The van der Waals surface area contributed by atoms with Gasteiger partial charge < -0.3 is 20.0 Å². The van der Waals surface area contributed by atoms with E-state index in [0.29, 0.717) is 29.9 Å². The van der Waals surface area contributed by atoms with Gasteiger partial charge in [0, 0.05) is 56.1 Å². The molecule has 2 fully saturated rings. The van der Waals surface area contributed by atoms with Crippen LogP contribution in [0.2, 0.25) is 5.02 Å². The Bertz CT molecular complexity index is 840. The van der Waals surface area contributed by atoms with Crippen molar-refractivity contribution < 1.29 is 4.79 Å². The van der Waals surface area contributed by atoms with E-state index in [9.17, 15) is 4.79 Å². The van der Waals surface area contributed by atoms with E-state index in [1.807, 2.05) is 36.2 Å². The minimum Gasteiger partial charge on any atom is -0.391 e. The Kier molecular flexibility index (Phi) is 6.87. The molecule has 0 aromatic heterocycles. The Morgan fingerprint density at radius 3 is 2.35 bits per heavy atom. The van der Waals surface area contributed by atoms with Gasteiger partial charge in [-0.2, -0.15) is 0 Å². The fourth-order valence-electron chi connectivity index (χ4n) is 4.96. The lowest BCUT2D eigenvalue weighted by atomic mass is 9.95. The van der Waals surface area contributed by atoms with Gasteiger partial charge in [0.05, 0.1) is 5.92 Å². The molecule has 3 aliphatic rings. The van der Waals surface area contributed by atoms with Gasteiger partial charge in [-0.3, -0.25) is 10.2 Å². The van der Waals surface area contributed by atoms with Crippen LogP contribution in [0.25, 0.3) is 0 Å². The molecule has 0 radical (unpaired) electrons. The van der Waals surface area contributed by atoms with Gasteiger partial charge in [0.25, 0.3) is 0 Å². The minimum absolute atomic E-state index is 0.156. The first-order chi connectivity index (χ1) is 15.0. The van der Waals surface area contributed by atoms with Crippen molar-refractivity contribution in [2.75, 3.05) is 52.9 Å². The van der Waals surface area contributed by atoms with Crippen LogP contribution < -0.4 is 5.32 Å². The summed E-state index contributed by atoms with van der Waals surface area (Å²) in [6.07, 6.45) is 3.34. The largest absolute Gasteiger partial charge is 0.391 e. The summed E-state index contributed by atoms with van der Waals surface area (Å²) >= 11 is 6.08. The first-order valence-electron chi connectivity index (χ1n) is 11.5. The van der Waals surface area contributed by atoms with Crippen LogP contribution in [-0.4, -0.2) is 79.3 Å². The topological polar surface area (TPSA) is 62.7 Å². The standard InChI is InChI=1S/C24H34ClN5O/c1-17-4-9-21(27-2)22(17)23(26)29-12-14-30(15-13-29)24(31)20(16-28-10-3-11-28)18-5-7-19(25)8-6-18/h5-8,17,20,26-27H,3-4,9-16H2,1-2H3. The molecule has 0 spiro atoms. The quantitative estimate of drug-likeness (QED) is 0.523. The van der Waals surface area contributed by atoms with Gasteiger partial charge in [0.15, 0.2) is 0 Å². The number of benzene rings is 1. The number of likely N-dealkylation sites (tertiary alicyclic amines) is 1. The summed E-state index contributed by atoms with van der Waals surface area (Å²) in [6.45, 7) is 7.90. The smallest absolute Gasteiger partial charge is 0.231 e. The molecule has 4 rings (SSSR count). The monoisotopic (exact) mass is 443 g/mol. The normalized spacial score (nSPS) is 23.0. The Balaban J connectivity index is 1.42. The van der Waals surface area contributed by atoms with E-state index in [0.717, 1.165) is 56.7 Å². The lowest BCUT2D eigenvalue weighted by molar-refractivity contribution is -0.134. The summed E-state index contributed by atoms with van der Waals surface area (Å²) in [4.78, 5) is 20.0. The highest BCUT2D eigenvalue weighted by Crippen LogP contribution is 2.32. The molecule has 7 heteroatoms. The lowest BCUT2D eigenvalue weighted by Gasteiger charge is -2.40. The number of amidine groups is 1. The van der Waals surface area contributed by atoms with Gasteiger partial charge in [-0.1, -0.05) is 30.7 Å². The number of piperazine rings is 1. The molecule has 1 aliphatic carbocycles. The van der Waals surface area contributed by atoms with Gasteiger partial charge in [-0.15, -0.1) is 0 Å². The van der Waals surface area contributed by atoms with Gasteiger partial charge in [0.1, 0.15) is 5.84 Å². The Morgan fingerprint density at radius 2 is 1.77 bits per heavy atom. The second kappa shape index (κ2) is 9.61. The highest BCUT2D eigenvalue weighted by atomic mass is 35.5. The molecule has 31 heavy (non-hydrogen) atoms. The maximum absolute atomic E-state index is 13.5. The molecule has 2 atom stereocenters. The van der Waals surface area contributed by atoms with Gasteiger partial charge in [-0.05, 0) is 56.0 Å². The van der Waals surface area contributed by atoms with Gasteiger partial charge >= 0.3 is 0 Å². The minimum atomic E-state index is -0.156. The molecule has 2 aliphatic heterocycles. The maximum atomic E-state index is 13.5. The van der Waals surface area contributed by atoms with E-state index >= 15 is 0 Å². The zero-order valence-corrected chi connectivity index (χ0v) is 19.4. The summed E-state index contributed by atoms with van der Waals surface area (Å²) in [6, 6.07) is 7.73. The van der Waals surface area contributed by atoms with E-state index < -0.39 is 0 Å². The Morgan fingerprint density at radius 1 is 1.13 bits per heavy atom. The fourth-order valence-corrected chi connectivity index (χ4v) is 5.08. The zero-order chi connectivity index (χ0) is 22.0. The van der Waals surface area contributed by atoms with Gasteiger partial charge in [0.2, 0.25) is 5.91 Å². The molecule has 2 heterocycles. The van der Waals surface area contributed by atoms with E-state index in [1.165, 1.54) is 12.1 Å². The number of nitrogens with zero attached hydrogens (tertiary/aromatic N) is 3. The van der Waals surface area contributed by atoms with Crippen LogP contribution in [0.15, 0.2) is 35.5 Å². The highest BCUT2D eigenvalue weighted by Gasteiger charge is 2.33. The summed E-state index contributed by atoms with van der Waals surface area (Å²) < 4.78 is 0. The SMILES string of the molecule is CNC1=C(C(=N)N2CCN(C(=O)C(CN3CCC3)c3ccc(Cl)cc3)CC2)C(C)CC1. The number of allylic oxidation sites excluding steroid dienone is 1. The average molecular weight is 444 g/mol. The molecule has 168 valence electrons. The summed E-state index contributed by atoms with van der Waals surface area (Å²) in [5, 5.41) is 12.8. The third-order valence-corrected chi connectivity index (χ3v) is 7.32. The number of nitrogens with one attached hydrogen (secondary N) is 2. The second-order valence-corrected chi connectivity index (χ2v) is 9.44. The number of carbonyl (C=O) groups excluding carboxylic acids is 1.